The van der Waals surface area contributed by atoms with Crippen molar-refractivity contribution in [3.8, 4) is 11.4 Å². The van der Waals surface area contributed by atoms with Crippen molar-refractivity contribution >= 4 is 39.5 Å². The van der Waals surface area contributed by atoms with E-state index in [0.29, 0.717) is 27.8 Å². The molecule has 0 saturated heterocycles. The first-order chi connectivity index (χ1) is 18.2. The minimum atomic E-state index is -4.10. The fourth-order valence-electron chi connectivity index (χ4n) is 4.16. The number of hydrogen-bond donors (Lipinski definition) is 1. The maximum atomic E-state index is 13.6. The quantitative estimate of drug-likeness (QED) is 0.394. The van der Waals surface area contributed by atoms with Gasteiger partial charge in [-0.05, 0) is 31.2 Å². The minimum absolute atomic E-state index is 0.0782. The van der Waals surface area contributed by atoms with E-state index in [0.717, 1.165) is 0 Å². The summed E-state index contributed by atoms with van der Waals surface area (Å²) in [5, 5.41) is 7.83. The van der Waals surface area contributed by atoms with Crippen molar-refractivity contribution in [3.05, 3.63) is 59.5 Å². The molecule has 12 nitrogen and oxygen atoms in total. The fourth-order valence-corrected chi connectivity index (χ4v) is 5.42. The van der Waals surface area contributed by atoms with E-state index in [1.807, 2.05) is 6.92 Å². The van der Waals surface area contributed by atoms with Crippen LogP contribution in [0.5, 0.6) is 0 Å². The Morgan fingerprint density at radius 1 is 1.13 bits per heavy atom. The molecule has 0 fully saturated rings. The van der Waals surface area contributed by atoms with E-state index < -0.39 is 27.5 Å². The summed E-state index contributed by atoms with van der Waals surface area (Å²) in [6, 6.07) is 6.76. The normalized spacial score (nSPS) is 19.3. The van der Waals surface area contributed by atoms with Crippen LogP contribution in [0.1, 0.15) is 25.6 Å². The molecule has 14 heteroatoms. The molecule has 202 valence electrons. The molecule has 4 atom stereocenters. The van der Waals surface area contributed by atoms with Gasteiger partial charge in [0, 0.05) is 50.5 Å². The summed E-state index contributed by atoms with van der Waals surface area (Å²) in [6.45, 7) is 3.44. The predicted octanol–water partition coefficient (Wildman–Crippen LogP) is 3.41. The average molecular weight is 562 g/mol. The summed E-state index contributed by atoms with van der Waals surface area (Å²) in [7, 11) is 0.330. The molecule has 0 bridgehead atoms. The summed E-state index contributed by atoms with van der Waals surface area (Å²) in [5.41, 5.74) is 1.44. The maximum Gasteiger partial charge on any atom is 0.243 e. The van der Waals surface area contributed by atoms with Gasteiger partial charge in [-0.2, -0.15) is 0 Å². The number of anilines is 1. The van der Waals surface area contributed by atoms with E-state index in [4.69, 9.17) is 25.8 Å². The van der Waals surface area contributed by atoms with Gasteiger partial charge < -0.3 is 14.2 Å². The zero-order valence-electron chi connectivity index (χ0n) is 21.4. The van der Waals surface area contributed by atoms with Gasteiger partial charge in [-0.3, -0.25) is 19.3 Å². The van der Waals surface area contributed by atoms with Crippen LogP contribution in [0, 0.1) is 5.92 Å². The van der Waals surface area contributed by atoms with Crippen molar-refractivity contribution in [2.24, 2.45) is 10.9 Å². The molecule has 1 N–H and O–H groups in total. The second-order valence-corrected chi connectivity index (χ2v) is 11.0. The minimum Gasteiger partial charge on any atom is -0.480 e. The van der Waals surface area contributed by atoms with Crippen molar-refractivity contribution in [1.29, 1.82) is 0 Å². The Morgan fingerprint density at radius 2 is 1.92 bits per heavy atom. The van der Waals surface area contributed by atoms with Crippen LogP contribution in [0.3, 0.4) is 0 Å². The SMILES string of the molecule is COC1=C(n2c(NS(=O)(=O)[C@H](C)[C@@H](OC)c3ccc(Cl)cn3)nnc2-c2cccnc2)C(OC)C(C)C=N1. The van der Waals surface area contributed by atoms with Crippen molar-refractivity contribution in [1.82, 2.24) is 24.7 Å². The van der Waals surface area contributed by atoms with Crippen molar-refractivity contribution in [2.75, 3.05) is 26.1 Å². The van der Waals surface area contributed by atoms with Gasteiger partial charge in [0.1, 0.15) is 23.2 Å². The Balaban J connectivity index is 1.82. The van der Waals surface area contributed by atoms with Crippen LogP contribution in [-0.2, 0) is 24.2 Å². The van der Waals surface area contributed by atoms with Crippen LogP contribution >= 0.6 is 11.6 Å². The van der Waals surface area contributed by atoms with Crippen molar-refractivity contribution < 1.29 is 22.6 Å². The smallest absolute Gasteiger partial charge is 0.243 e. The topological polar surface area (TPSA) is 143 Å². The van der Waals surface area contributed by atoms with Gasteiger partial charge in [0.25, 0.3) is 0 Å². The highest BCUT2D eigenvalue weighted by Gasteiger charge is 2.37. The third-order valence-corrected chi connectivity index (χ3v) is 8.03. The van der Waals surface area contributed by atoms with Gasteiger partial charge in [0.15, 0.2) is 5.82 Å². The number of halogens is 1. The first kappa shape index (κ1) is 27.6. The number of methoxy groups -OCH3 is 3. The van der Waals surface area contributed by atoms with Gasteiger partial charge in [0.05, 0.1) is 17.8 Å². The highest BCUT2D eigenvalue weighted by molar-refractivity contribution is 7.93. The number of nitrogens with zero attached hydrogens (tertiary/aromatic N) is 6. The lowest BCUT2D eigenvalue weighted by atomic mass is 10.0. The molecular weight excluding hydrogens is 534 g/mol. The Labute approximate surface area is 225 Å². The molecule has 2 unspecified atom stereocenters. The third-order valence-electron chi connectivity index (χ3n) is 6.11. The lowest BCUT2D eigenvalue weighted by Crippen LogP contribution is -2.34. The molecule has 0 aliphatic carbocycles. The second kappa shape index (κ2) is 11.6. The Bertz CT molecular complexity index is 1430. The Hall–Kier alpha value is -3.39. The molecule has 4 rings (SSSR count). The summed E-state index contributed by atoms with van der Waals surface area (Å²) < 4.78 is 48.2. The fraction of sp³-hybridized carbons (Fsp3) is 0.375. The van der Waals surface area contributed by atoms with Crippen LogP contribution in [0.25, 0.3) is 17.1 Å². The summed E-state index contributed by atoms with van der Waals surface area (Å²) >= 11 is 5.95. The molecule has 0 spiro atoms. The van der Waals surface area contributed by atoms with E-state index in [1.54, 1.807) is 50.0 Å². The van der Waals surface area contributed by atoms with E-state index in [9.17, 15) is 8.42 Å². The molecular formula is C24H28ClN7O5S. The number of sulfonamides is 1. The number of ether oxygens (including phenoxy) is 3. The monoisotopic (exact) mass is 561 g/mol. The molecule has 1 aliphatic rings. The number of aliphatic imine (C=N–C) groups is 1. The van der Waals surface area contributed by atoms with Crippen LogP contribution in [-0.4, -0.2) is 72.0 Å². The molecule has 0 aromatic carbocycles. The number of aromatic nitrogens is 5. The average Bonchev–Trinajstić information content (AvgIpc) is 3.32. The van der Waals surface area contributed by atoms with Crippen LogP contribution in [0.4, 0.5) is 5.95 Å². The van der Waals surface area contributed by atoms with Gasteiger partial charge in [-0.15, -0.1) is 10.2 Å². The second-order valence-electron chi connectivity index (χ2n) is 8.52. The molecule has 1 aliphatic heterocycles. The maximum absolute atomic E-state index is 13.6. The van der Waals surface area contributed by atoms with Gasteiger partial charge >= 0.3 is 0 Å². The first-order valence-corrected chi connectivity index (χ1v) is 13.5. The zero-order valence-corrected chi connectivity index (χ0v) is 23.0. The largest absolute Gasteiger partial charge is 0.480 e. The lowest BCUT2D eigenvalue weighted by Gasteiger charge is -2.29. The van der Waals surface area contributed by atoms with Gasteiger partial charge in [-0.1, -0.05) is 18.5 Å². The summed E-state index contributed by atoms with van der Waals surface area (Å²) in [6.07, 6.45) is 4.92. The molecule has 4 heterocycles. The number of pyridine rings is 2. The zero-order chi connectivity index (χ0) is 27.4. The number of nitrogens with one attached hydrogen (secondary N) is 1. The summed E-state index contributed by atoms with van der Waals surface area (Å²) in [5.74, 6) is 0.316. The van der Waals surface area contributed by atoms with Crippen LogP contribution in [0.15, 0.2) is 53.7 Å². The third kappa shape index (κ3) is 5.41. The van der Waals surface area contributed by atoms with E-state index >= 15 is 0 Å². The molecule has 0 amide bonds. The first-order valence-electron chi connectivity index (χ1n) is 11.6. The molecule has 38 heavy (non-hydrogen) atoms. The number of hydrogen-bond acceptors (Lipinski definition) is 10. The predicted molar refractivity (Wildman–Crippen MR) is 143 cm³/mol. The van der Waals surface area contributed by atoms with E-state index in [1.165, 1.54) is 31.9 Å². The number of rotatable bonds is 10. The Kier molecular flexibility index (Phi) is 8.41. The highest BCUT2D eigenvalue weighted by atomic mass is 35.5. The van der Waals surface area contributed by atoms with Crippen molar-refractivity contribution in [3.63, 3.8) is 0 Å². The standard InChI is InChI=1S/C24H28ClN7O5S/c1-14-11-28-23(37-5)19(20(14)35-3)32-22(16-7-6-10-26-12-16)29-30-24(32)31-38(33,34)15(2)21(36-4)18-9-8-17(25)13-27-18/h6-15,20-21H,1-5H3,(H,30,31)/t14?,15-,20?,21-/m1/s1. The van der Waals surface area contributed by atoms with Crippen LogP contribution < -0.4 is 4.72 Å². The summed E-state index contributed by atoms with van der Waals surface area (Å²) in [4.78, 5) is 12.8. The highest BCUT2D eigenvalue weighted by Crippen LogP contribution is 2.35. The van der Waals surface area contributed by atoms with Gasteiger partial charge in [-0.25, -0.2) is 13.4 Å². The molecule has 3 aromatic rings. The lowest BCUT2D eigenvalue weighted by molar-refractivity contribution is 0.0989. The van der Waals surface area contributed by atoms with Gasteiger partial charge in [0.2, 0.25) is 21.9 Å². The van der Waals surface area contributed by atoms with E-state index in [2.05, 4.69) is 29.9 Å². The van der Waals surface area contributed by atoms with E-state index in [-0.39, 0.29) is 17.7 Å². The van der Waals surface area contributed by atoms with Crippen molar-refractivity contribution in [2.45, 2.75) is 31.3 Å². The Morgan fingerprint density at radius 3 is 2.53 bits per heavy atom. The van der Waals surface area contributed by atoms with Crippen LogP contribution in [0.2, 0.25) is 5.02 Å². The molecule has 0 radical (unpaired) electrons. The molecule has 3 aromatic heterocycles. The molecule has 0 saturated carbocycles.